The lowest BCUT2D eigenvalue weighted by Gasteiger charge is -2.42. The van der Waals surface area contributed by atoms with Crippen molar-refractivity contribution in [2.45, 2.75) is 31.5 Å². The second-order valence-corrected chi connectivity index (χ2v) is 11.1. The molecule has 5 rings (SSSR count). The Balaban J connectivity index is 1.73. The maximum Gasteiger partial charge on any atom is 0.308 e. The first-order chi connectivity index (χ1) is 19.0. The lowest BCUT2D eigenvalue weighted by atomic mass is 9.85. The fourth-order valence-electron chi connectivity index (χ4n) is 5.74. The Morgan fingerprint density at radius 1 is 1.07 bits per heavy atom. The van der Waals surface area contributed by atoms with Gasteiger partial charge in [0.2, 0.25) is 0 Å². The minimum Gasteiger partial charge on any atom is -0.481 e. The molecule has 208 valence electrons. The number of carboxylic acid groups (broad SMARTS) is 1. The van der Waals surface area contributed by atoms with Gasteiger partial charge in [-0.05, 0) is 78.8 Å². The number of hydrogen-bond donors (Lipinski definition) is 2. The number of carbonyl (C=O) groups excluding carboxylic acids is 1. The summed E-state index contributed by atoms with van der Waals surface area (Å²) in [5.74, 6) is -3.83. The molecule has 2 heterocycles. The fourth-order valence-corrected chi connectivity index (χ4v) is 6.00. The highest BCUT2D eigenvalue weighted by Crippen LogP contribution is 2.50. The monoisotopic (exact) mass is 583 g/mol. The van der Waals surface area contributed by atoms with E-state index in [-0.39, 0.29) is 22.6 Å². The quantitative estimate of drug-likeness (QED) is 0.324. The maximum absolute atomic E-state index is 16.2. The largest absolute Gasteiger partial charge is 0.481 e. The number of allylic oxidation sites excluding steroid dienone is 1. The van der Waals surface area contributed by atoms with Crippen molar-refractivity contribution in [1.29, 1.82) is 0 Å². The van der Waals surface area contributed by atoms with E-state index >= 15 is 4.39 Å². The van der Waals surface area contributed by atoms with Crippen molar-refractivity contribution in [2.24, 2.45) is 11.8 Å². The predicted molar refractivity (Wildman–Crippen MR) is 151 cm³/mol. The highest BCUT2D eigenvalue weighted by Gasteiger charge is 2.56. The van der Waals surface area contributed by atoms with Crippen LogP contribution in [0, 0.1) is 17.7 Å². The molecule has 6 nitrogen and oxygen atoms in total. The number of fused-ring (bicyclic) bond motifs is 1. The average Bonchev–Trinajstić information content (AvgIpc) is 3.17. The van der Waals surface area contributed by atoms with Gasteiger partial charge in [-0.15, -0.1) is 0 Å². The second kappa shape index (κ2) is 11.0. The number of hydrogen-bond acceptors (Lipinski definition) is 4. The van der Waals surface area contributed by atoms with Crippen LogP contribution < -0.4 is 0 Å². The average molecular weight is 584 g/mol. The molecule has 3 aromatic carbocycles. The highest BCUT2D eigenvalue weighted by molar-refractivity contribution is 6.30. The third kappa shape index (κ3) is 4.81. The van der Waals surface area contributed by atoms with E-state index in [0.29, 0.717) is 40.0 Å². The van der Waals surface area contributed by atoms with Crippen molar-refractivity contribution in [3.63, 3.8) is 0 Å². The highest BCUT2D eigenvalue weighted by atomic mass is 35.5. The number of carbonyl (C=O) groups is 2. The van der Waals surface area contributed by atoms with E-state index in [9.17, 15) is 19.8 Å². The first kappa shape index (κ1) is 28.3. The van der Waals surface area contributed by atoms with Crippen LogP contribution in [0.3, 0.4) is 0 Å². The smallest absolute Gasteiger partial charge is 0.308 e. The molecule has 0 bridgehead atoms. The standard InChI is InChI=1S/C31H28Cl2FNO5/c1-17(19-11-13-40-14-12-19)21-15-25-27(26(34)16-21)31(39,22-5-9-24(33)10-6-22)35(29(25)36)28(18(2)30(37)38)20-3-7-23(32)8-4-20/h3-10,15-16,18-19,28,39H,1,11-14H2,2H3,(H,37,38)/t18-,28-,31+/m0/s1. The van der Waals surface area contributed by atoms with Gasteiger partial charge in [0.1, 0.15) is 5.82 Å². The van der Waals surface area contributed by atoms with Gasteiger partial charge in [-0.3, -0.25) is 14.5 Å². The number of rotatable bonds is 7. The number of nitrogens with zero attached hydrogens (tertiary/aromatic N) is 1. The van der Waals surface area contributed by atoms with Gasteiger partial charge in [-0.1, -0.05) is 54.0 Å². The second-order valence-electron chi connectivity index (χ2n) is 10.3. The van der Waals surface area contributed by atoms with Gasteiger partial charge < -0.3 is 14.9 Å². The van der Waals surface area contributed by atoms with Crippen molar-refractivity contribution in [1.82, 2.24) is 4.90 Å². The molecular formula is C31H28Cl2FNO5. The summed E-state index contributed by atoms with van der Waals surface area (Å²) in [5, 5.41) is 23.3. The van der Waals surface area contributed by atoms with E-state index in [4.69, 9.17) is 27.9 Å². The SMILES string of the molecule is C=C(c1cc(F)c2c(c1)C(=O)N([C@H](c1ccc(Cl)cc1)[C@H](C)C(=O)O)[C@@]2(O)c1ccc(Cl)cc1)C1CCOCC1. The normalized spacial score (nSPS) is 20.7. The molecular weight excluding hydrogens is 556 g/mol. The Labute approximate surface area is 241 Å². The zero-order valence-corrected chi connectivity index (χ0v) is 23.3. The first-order valence-corrected chi connectivity index (χ1v) is 13.7. The Bertz CT molecular complexity index is 1470. The molecule has 2 aliphatic rings. The van der Waals surface area contributed by atoms with Crippen molar-refractivity contribution in [3.05, 3.63) is 111 Å². The molecule has 0 saturated carbocycles. The summed E-state index contributed by atoms with van der Waals surface area (Å²) in [6.45, 7) is 6.76. The van der Waals surface area contributed by atoms with Crippen LogP contribution in [0.25, 0.3) is 5.57 Å². The van der Waals surface area contributed by atoms with Crippen LogP contribution in [-0.4, -0.2) is 40.2 Å². The van der Waals surface area contributed by atoms with Gasteiger partial charge in [-0.25, -0.2) is 4.39 Å². The Kier molecular flexibility index (Phi) is 7.77. The third-order valence-corrected chi connectivity index (χ3v) is 8.43. The fraction of sp³-hybridized carbons (Fsp3) is 0.290. The van der Waals surface area contributed by atoms with Gasteiger partial charge in [0.15, 0.2) is 5.72 Å². The van der Waals surface area contributed by atoms with Crippen LogP contribution in [0.4, 0.5) is 4.39 Å². The molecule has 0 aliphatic carbocycles. The van der Waals surface area contributed by atoms with Gasteiger partial charge >= 0.3 is 5.97 Å². The molecule has 1 amide bonds. The number of aliphatic carboxylic acids is 1. The Morgan fingerprint density at radius 2 is 1.65 bits per heavy atom. The molecule has 0 radical (unpaired) electrons. The lowest BCUT2D eigenvalue weighted by Crippen LogP contribution is -2.49. The van der Waals surface area contributed by atoms with E-state index in [1.807, 2.05) is 0 Å². The van der Waals surface area contributed by atoms with Crippen molar-refractivity contribution >= 4 is 40.7 Å². The number of carboxylic acids is 1. The van der Waals surface area contributed by atoms with Gasteiger partial charge in [0, 0.05) is 28.8 Å². The molecule has 0 unspecified atom stereocenters. The van der Waals surface area contributed by atoms with E-state index in [0.717, 1.165) is 17.7 Å². The summed E-state index contributed by atoms with van der Waals surface area (Å²) in [6, 6.07) is 14.0. The topological polar surface area (TPSA) is 87.1 Å². The number of aliphatic hydroxyl groups is 1. The molecule has 3 aromatic rings. The molecule has 2 aliphatic heterocycles. The predicted octanol–water partition coefficient (Wildman–Crippen LogP) is 6.68. The van der Waals surface area contributed by atoms with Crippen molar-refractivity contribution in [3.8, 4) is 0 Å². The van der Waals surface area contributed by atoms with Crippen molar-refractivity contribution in [2.75, 3.05) is 13.2 Å². The zero-order valence-electron chi connectivity index (χ0n) is 21.7. The molecule has 9 heteroatoms. The summed E-state index contributed by atoms with van der Waals surface area (Å²) in [6.07, 6.45) is 1.45. The van der Waals surface area contributed by atoms with Crippen LogP contribution in [0.1, 0.15) is 58.4 Å². The van der Waals surface area contributed by atoms with Gasteiger partial charge in [0.05, 0.1) is 23.1 Å². The molecule has 3 atom stereocenters. The first-order valence-electron chi connectivity index (χ1n) is 12.9. The van der Waals surface area contributed by atoms with E-state index in [1.54, 1.807) is 30.3 Å². The molecule has 0 spiro atoms. The summed E-state index contributed by atoms with van der Waals surface area (Å²) in [7, 11) is 0. The number of ether oxygens (including phenoxy) is 1. The third-order valence-electron chi connectivity index (χ3n) is 7.92. The van der Waals surface area contributed by atoms with E-state index in [1.165, 1.54) is 37.3 Å². The van der Waals surface area contributed by atoms with Crippen LogP contribution in [0.2, 0.25) is 10.0 Å². The molecule has 40 heavy (non-hydrogen) atoms. The van der Waals surface area contributed by atoms with Gasteiger partial charge in [-0.2, -0.15) is 0 Å². The number of benzene rings is 3. The summed E-state index contributed by atoms with van der Waals surface area (Å²) >= 11 is 12.2. The minimum absolute atomic E-state index is 0.0581. The number of halogens is 3. The summed E-state index contributed by atoms with van der Waals surface area (Å²) in [4.78, 5) is 27.7. The van der Waals surface area contributed by atoms with Crippen LogP contribution in [-0.2, 0) is 15.3 Å². The van der Waals surface area contributed by atoms with Crippen molar-refractivity contribution < 1.29 is 28.9 Å². The van der Waals surface area contributed by atoms with Crippen LogP contribution in [0.5, 0.6) is 0 Å². The van der Waals surface area contributed by atoms with Gasteiger partial charge in [0.25, 0.3) is 5.91 Å². The lowest BCUT2D eigenvalue weighted by molar-refractivity contribution is -0.147. The summed E-state index contributed by atoms with van der Waals surface area (Å²) in [5.41, 5.74) is -0.938. The summed E-state index contributed by atoms with van der Waals surface area (Å²) < 4.78 is 21.6. The maximum atomic E-state index is 16.2. The molecule has 1 fully saturated rings. The molecule has 0 aromatic heterocycles. The van der Waals surface area contributed by atoms with Crippen LogP contribution >= 0.6 is 23.2 Å². The Hall–Kier alpha value is -3.23. The Morgan fingerprint density at radius 3 is 2.23 bits per heavy atom. The number of amides is 1. The molecule has 2 N–H and O–H groups in total. The molecule has 1 saturated heterocycles. The van der Waals surface area contributed by atoms with E-state index in [2.05, 4.69) is 6.58 Å². The minimum atomic E-state index is -2.34. The van der Waals surface area contributed by atoms with E-state index < -0.39 is 35.4 Å². The zero-order chi connectivity index (χ0) is 28.8. The van der Waals surface area contributed by atoms with Crippen LogP contribution in [0.15, 0.2) is 67.2 Å².